The molecule has 2 N–H and O–H groups in total. The molecule has 2 aromatic rings. The molecule has 154 valence electrons. The van der Waals surface area contributed by atoms with E-state index in [1.807, 2.05) is 0 Å². The smallest absolute Gasteiger partial charge is 0.253 e. The lowest BCUT2D eigenvalue weighted by atomic mass is 10.1. The van der Waals surface area contributed by atoms with Gasteiger partial charge in [0.1, 0.15) is 0 Å². The Kier molecular flexibility index (Phi) is 4.54. The third kappa shape index (κ3) is 3.56. The zero-order valence-corrected chi connectivity index (χ0v) is 16.2. The zero-order chi connectivity index (χ0) is 20.7. The molecule has 3 aliphatic rings. The lowest BCUT2D eigenvalue weighted by Crippen LogP contribution is -2.30. The topological polar surface area (TPSA) is 97.0 Å². The highest BCUT2D eigenvalue weighted by molar-refractivity contribution is 6.07. The van der Waals surface area contributed by atoms with Crippen LogP contribution in [0.3, 0.4) is 0 Å². The minimum Gasteiger partial charge on any atom is -0.454 e. The maximum absolute atomic E-state index is 12.9. The van der Waals surface area contributed by atoms with Crippen LogP contribution in [0.4, 0.5) is 11.4 Å². The molecule has 1 unspecified atom stereocenters. The molecule has 2 fully saturated rings. The first kappa shape index (κ1) is 18.5. The van der Waals surface area contributed by atoms with Crippen molar-refractivity contribution in [2.24, 2.45) is 5.92 Å². The fourth-order valence-electron chi connectivity index (χ4n) is 3.70. The summed E-state index contributed by atoms with van der Waals surface area (Å²) in [5.74, 6) is 0.108. The summed E-state index contributed by atoms with van der Waals surface area (Å²) < 4.78 is 10.7. The predicted octanol–water partition coefficient (Wildman–Crippen LogP) is 2.30. The molecular formula is C22H21N3O5. The van der Waals surface area contributed by atoms with Crippen LogP contribution in [0.1, 0.15) is 29.6 Å². The zero-order valence-electron chi connectivity index (χ0n) is 16.2. The number of nitrogens with one attached hydrogen (secondary N) is 2. The number of carbonyl (C=O) groups excluding carboxylic acids is 3. The molecule has 1 saturated heterocycles. The molecule has 2 heterocycles. The Morgan fingerprint density at radius 1 is 1.03 bits per heavy atom. The minimum atomic E-state index is -0.512. The average molecular weight is 407 g/mol. The summed E-state index contributed by atoms with van der Waals surface area (Å²) >= 11 is 0. The van der Waals surface area contributed by atoms with E-state index in [-0.39, 0.29) is 43.5 Å². The third-order valence-corrected chi connectivity index (χ3v) is 5.51. The summed E-state index contributed by atoms with van der Waals surface area (Å²) in [7, 11) is 0. The average Bonchev–Trinajstić information content (AvgIpc) is 3.28. The quantitative estimate of drug-likeness (QED) is 0.793. The molecule has 1 aliphatic carbocycles. The number of nitrogens with zero attached hydrogens (tertiary/aromatic N) is 1. The third-order valence-electron chi connectivity index (χ3n) is 5.51. The van der Waals surface area contributed by atoms with Gasteiger partial charge in [0.2, 0.25) is 18.6 Å². The van der Waals surface area contributed by atoms with Gasteiger partial charge in [-0.2, -0.15) is 0 Å². The van der Waals surface area contributed by atoms with Crippen molar-refractivity contribution in [1.29, 1.82) is 0 Å². The van der Waals surface area contributed by atoms with Crippen LogP contribution in [-0.4, -0.2) is 37.1 Å². The Labute approximate surface area is 173 Å². The Morgan fingerprint density at radius 2 is 1.83 bits per heavy atom. The molecule has 3 amide bonds. The van der Waals surface area contributed by atoms with Gasteiger partial charge in [-0.15, -0.1) is 0 Å². The summed E-state index contributed by atoms with van der Waals surface area (Å²) in [4.78, 5) is 39.5. The van der Waals surface area contributed by atoms with Crippen LogP contribution < -0.4 is 25.0 Å². The van der Waals surface area contributed by atoms with Crippen LogP contribution in [0.25, 0.3) is 0 Å². The maximum Gasteiger partial charge on any atom is 0.253 e. The Balaban J connectivity index is 1.28. The van der Waals surface area contributed by atoms with E-state index in [9.17, 15) is 14.4 Å². The highest BCUT2D eigenvalue weighted by atomic mass is 16.7. The summed E-state index contributed by atoms with van der Waals surface area (Å²) in [6.45, 7) is 0.423. The van der Waals surface area contributed by atoms with Gasteiger partial charge in [-0.3, -0.25) is 14.4 Å². The second kappa shape index (κ2) is 7.37. The first-order valence-corrected chi connectivity index (χ1v) is 9.99. The number of hydrogen-bond donors (Lipinski definition) is 2. The second-order valence-corrected chi connectivity index (χ2v) is 7.73. The van der Waals surface area contributed by atoms with Gasteiger partial charge in [-0.05, 0) is 37.1 Å². The molecule has 0 aromatic heterocycles. The number of amides is 3. The first-order chi connectivity index (χ1) is 14.6. The van der Waals surface area contributed by atoms with E-state index in [4.69, 9.17) is 9.47 Å². The maximum atomic E-state index is 12.9. The number of para-hydroxylation sites is 1. The van der Waals surface area contributed by atoms with E-state index >= 15 is 0 Å². The Hall–Kier alpha value is -3.55. The summed E-state index contributed by atoms with van der Waals surface area (Å²) in [5, 5.41) is 5.77. The first-order valence-electron chi connectivity index (χ1n) is 9.99. The molecule has 1 saturated carbocycles. The number of carbonyl (C=O) groups is 3. The van der Waals surface area contributed by atoms with Gasteiger partial charge in [0.05, 0.1) is 17.2 Å². The van der Waals surface area contributed by atoms with E-state index < -0.39 is 5.92 Å². The number of hydrogen-bond acceptors (Lipinski definition) is 5. The summed E-state index contributed by atoms with van der Waals surface area (Å²) in [5.41, 5.74) is 1.55. The van der Waals surface area contributed by atoms with Crippen LogP contribution in [0, 0.1) is 5.92 Å². The molecule has 8 heteroatoms. The van der Waals surface area contributed by atoms with Crippen LogP contribution in [0.5, 0.6) is 11.5 Å². The van der Waals surface area contributed by atoms with Crippen LogP contribution >= 0.6 is 0 Å². The molecule has 5 rings (SSSR count). The second-order valence-electron chi connectivity index (χ2n) is 7.73. The molecule has 1 atom stereocenters. The number of fused-ring (bicyclic) bond motifs is 1. The van der Waals surface area contributed by atoms with Gasteiger partial charge < -0.3 is 25.0 Å². The molecule has 0 spiro atoms. The monoisotopic (exact) mass is 407 g/mol. The highest BCUT2D eigenvalue weighted by Crippen LogP contribution is 2.37. The van der Waals surface area contributed by atoms with Gasteiger partial charge in [-0.1, -0.05) is 12.1 Å². The van der Waals surface area contributed by atoms with Gasteiger partial charge in [0.25, 0.3) is 5.91 Å². The fourth-order valence-corrected chi connectivity index (χ4v) is 3.70. The molecule has 8 nitrogen and oxygen atoms in total. The van der Waals surface area contributed by atoms with Crippen molar-refractivity contribution in [3.8, 4) is 11.5 Å². The van der Waals surface area contributed by atoms with Crippen molar-refractivity contribution in [1.82, 2.24) is 5.32 Å². The van der Waals surface area contributed by atoms with Gasteiger partial charge in [-0.25, -0.2) is 0 Å². The molecule has 2 aromatic carbocycles. The SMILES string of the molecule is O=C(NC1CC1)c1ccccc1NC(=O)C1CC(=O)N(c2ccc3c(c2)OCO3)C1. The number of anilines is 2. The van der Waals surface area contributed by atoms with Crippen molar-refractivity contribution in [2.75, 3.05) is 23.6 Å². The molecular weight excluding hydrogens is 386 g/mol. The summed E-state index contributed by atoms with van der Waals surface area (Å²) in [6, 6.07) is 12.4. The Morgan fingerprint density at radius 3 is 2.67 bits per heavy atom. The van der Waals surface area contributed by atoms with E-state index in [1.54, 1.807) is 47.4 Å². The Bertz CT molecular complexity index is 1030. The van der Waals surface area contributed by atoms with Gasteiger partial charge in [0.15, 0.2) is 11.5 Å². The van der Waals surface area contributed by atoms with Crippen LogP contribution in [0.2, 0.25) is 0 Å². The van der Waals surface area contributed by atoms with Crippen LogP contribution in [-0.2, 0) is 9.59 Å². The largest absolute Gasteiger partial charge is 0.454 e. The number of benzene rings is 2. The van der Waals surface area contributed by atoms with Gasteiger partial charge in [0, 0.05) is 30.8 Å². The lowest BCUT2D eigenvalue weighted by molar-refractivity contribution is -0.122. The van der Waals surface area contributed by atoms with Crippen LogP contribution in [0.15, 0.2) is 42.5 Å². The summed E-state index contributed by atoms with van der Waals surface area (Å²) in [6.07, 6.45) is 2.08. The predicted molar refractivity (Wildman–Crippen MR) is 109 cm³/mol. The van der Waals surface area contributed by atoms with Crippen molar-refractivity contribution in [3.63, 3.8) is 0 Å². The van der Waals surface area contributed by atoms with E-state index in [1.165, 1.54) is 0 Å². The van der Waals surface area contributed by atoms with Gasteiger partial charge >= 0.3 is 0 Å². The van der Waals surface area contributed by atoms with E-state index in [2.05, 4.69) is 10.6 Å². The normalized spacial score (nSPS) is 19.7. The molecule has 2 aliphatic heterocycles. The molecule has 0 bridgehead atoms. The molecule has 0 radical (unpaired) electrons. The number of ether oxygens (including phenoxy) is 2. The van der Waals surface area contributed by atoms with E-state index in [0.717, 1.165) is 12.8 Å². The lowest BCUT2D eigenvalue weighted by Gasteiger charge is -2.17. The number of rotatable bonds is 5. The standard InChI is InChI=1S/C22H21N3O5/c26-20-9-13(11-25(20)15-7-8-18-19(10-15)30-12-29-18)21(27)24-17-4-2-1-3-16(17)22(28)23-14-5-6-14/h1-4,7-8,10,13-14H,5-6,9,11-12H2,(H,23,28)(H,24,27). The van der Waals surface area contributed by atoms with Crippen molar-refractivity contribution in [3.05, 3.63) is 48.0 Å². The fraction of sp³-hybridized carbons (Fsp3) is 0.318. The van der Waals surface area contributed by atoms with Crippen molar-refractivity contribution in [2.45, 2.75) is 25.3 Å². The van der Waals surface area contributed by atoms with Crippen molar-refractivity contribution < 1.29 is 23.9 Å². The molecule has 30 heavy (non-hydrogen) atoms. The van der Waals surface area contributed by atoms with E-state index in [0.29, 0.717) is 28.4 Å². The van der Waals surface area contributed by atoms with Crippen molar-refractivity contribution >= 4 is 29.1 Å². The minimum absolute atomic E-state index is 0.108. The highest BCUT2D eigenvalue weighted by Gasteiger charge is 2.36.